The Morgan fingerprint density at radius 2 is 1.26 bits per heavy atom. The summed E-state index contributed by atoms with van der Waals surface area (Å²) in [6.07, 6.45) is 2.22. The topological polar surface area (TPSA) is 26.8 Å². The number of carbonyl (C=O) groups excluding carboxylic acids is 1. The van der Waals surface area contributed by atoms with Crippen LogP contribution in [0.5, 0.6) is 0 Å². The Bertz CT molecular complexity index is 1120. The van der Waals surface area contributed by atoms with E-state index in [0.29, 0.717) is 12.0 Å². The molecule has 2 saturated heterocycles. The average molecular weight is 518 g/mol. The van der Waals surface area contributed by atoms with Crippen molar-refractivity contribution in [1.29, 1.82) is 0 Å². The van der Waals surface area contributed by atoms with Crippen LogP contribution in [-0.2, 0) is 4.79 Å². The molecular weight excluding hydrogens is 480 g/mol. The third-order valence-electron chi connectivity index (χ3n) is 8.33. The van der Waals surface area contributed by atoms with Gasteiger partial charge in [-0.3, -0.25) is 9.69 Å². The predicted molar refractivity (Wildman–Crippen MR) is 147 cm³/mol. The lowest BCUT2D eigenvalue weighted by molar-refractivity contribution is -0.133. The van der Waals surface area contributed by atoms with Crippen LogP contribution in [-0.4, -0.2) is 66.9 Å². The zero-order chi connectivity index (χ0) is 26.5. The van der Waals surface area contributed by atoms with Crippen LogP contribution in [0.15, 0.2) is 78.9 Å². The van der Waals surface area contributed by atoms with Crippen LogP contribution in [0, 0.1) is 17.6 Å². The summed E-state index contributed by atoms with van der Waals surface area (Å²) < 4.78 is 27.2. The van der Waals surface area contributed by atoms with E-state index in [-0.39, 0.29) is 29.9 Å². The molecule has 1 atom stereocenters. The Hall–Kier alpha value is -3.09. The lowest BCUT2D eigenvalue weighted by Crippen LogP contribution is -2.49. The Balaban J connectivity index is 1.28. The van der Waals surface area contributed by atoms with Crippen molar-refractivity contribution < 1.29 is 13.6 Å². The van der Waals surface area contributed by atoms with Crippen molar-refractivity contribution in [2.45, 2.75) is 31.2 Å². The van der Waals surface area contributed by atoms with Gasteiger partial charge in [0.1, 0.15) is 11.6 Å². The van der Waals surface area contributed by atoms with Crippen molar-refractivity contribution in [2.75, 3.05) is 46.3 Å². The van der Waals surface area contributed by atoms with Gasteiger partial charge in [0.05, 0.1) is 0 Å². The summed E-state index contributed by atoms with van der Waals surface area (Å²) >= 11 is 0. The number of benzene rings is 3. The molecule has 3 aromatic carbocycles. The molecule has 0 spiro atoms. The van der Waals surface area contributed by atoms with Crippen molar-refractivity contribution in [2.24, 2.45) is 5.92 Å². The second kappa shape index (κ2) is 12.2. The van der Waals surface area contributed by atoms with Crippen molar-refractivity contribution in [3.63, 3.8) is 0 Å². The highest BCUT2D eigenvalue weighted by molar-refractivity contribution is 5.78. The Morgan fingerprint density at radius 3 is 1.79 bits per heavy atom. The van der Waals surface area contributed by atoms with Gasteiger partial charge in [-0.1, -0.05) is 54.6 Å². The standard InChI is InChI=1S/C32H37F2N3O/c1-35-19-21-37(22-20-35)32(26-5-3-2-4-6-26)27-15-17-36(18-16-27)31(38)23-30(24-7-11-28(33)12-8-24)25-9-13-29(34)14-10-25/h2-14,27,30,32H,15-23H2,1H3. The van der Waals surface area contributed by atoms with E-state index in [0.717, 1.165) is 63.2 Å². The lowest BCUT2D eigenvalue weighted by Gasteiger charge is -2.44. The molecule has 2 heterocycles. The molecule has 0 bridgehead atoms. The summed E-state index contributed by atoms with van der Waals surface area (Å²) in [5.74, 6) is -0.279. The van der Waals surface area contributed by atoms with E-state index in [1.54, 1.807) is 24.3 Å². The molecule has 2 aliphatic heterocycles. The van der Waals surface area contributed by atoms with Crippen molar-refractivity contribution in [3.8, 4) is 0 Å². The monoisotopic (exact) mass is 517 g/mol. The summed E-state index contributed by atoms with van der Waals surface area (Å²) in [5.41, 5.74) is 3.09. The normalized spacial score (nSPS) is 18.6. The zero-order valence-electron chi connectivity index (χ0n) is 22.1. The van der Waals surface area contributed by atoms with Gasteiger partial charge in [0.25, 0.3) is 0 Å². The number of piperidine rings is 1. The smallest absolute Gasteiger partial charge is 0.223 e. The molecule has 2 aliphatic rings. The van der Waals surface area contributed by atoms with Crippen LogP contribution >= 0.6 is 0 Å². The summed E-state index contributed by atoms with van der Waals surface area (Å²) in [5, 5.41) is 0. The maximum Gasteiger partial charge on any atom is 0.223 e. The van der Waals surface area contributed by atoms with Gasteiger partial charge in [0.15, 0.2) is 0 Å². The number of likely N-dealkylation sites (tertiary alicyclic amines) is 1. The molecule has 0 saturated carbocycles. The second-order valence-electron chi connectivity index (χ2n) is 10.8. The molecule has 1 amide bonds. The molecule has 0 radical (unpaired) electrons. The number of piperazine rings is 1. The molecule has 1 unspecified atom stereocenters. The molecule has 0 N–H and O–H groups in total. The van der Waals surface area contributed by atoms with E-state index in [4.69, 9.17) is 0 Å². The first-order valence-corrected chi connectivity index (χ1v) is 13.7. The van der Waals surface area contributed by atoms with Crippen LogP contribution in [0.25, 0.3) is 0 Å². The molecule has 3 aromatic rings. The zero-order valence-corrected chi connectivity index (χ0v) is 22.1. The van der Waals surface area contributed by atoms with Gasteiger partial charge in [0, 0.05) is 57.6 Å². The number of halogens is 2. The maximum absolute atomic E-state index is 13.6. The van der Waals surface area contributed by atoms with Gasteiger partial charge in [-0.15, -0.1) is 0 Å². The minimum Gasteiger partial charge on any atom is -0.343 e. The molecule has 4 nitrogen and oxygen atoms in total. The number of hydrogen-bond acceptors (Lipinski definition) is 3. The molecule has 5 rings (SSSR count). The van der Waals surface area contributed by atoms with Crippen molar-refractivity contribution in [3.05, 3.63) is 107 Å². The molecular formula is C32H37F2N3O. The van der Waals surface area contributed by atoms with Gasteiger partial charge in [-0.2, -0.15) is 0 Å². The fourth-order valence-electron chi connectivity index (χ4n) is 6.12. The largest absolute Gasteiger partial charge is 0.343 e. The first kappa shape index (κ1) is 26.5. The van der Waals surface area contributed by atoms with Gasteiger partial charge in [-0.25, -0.2) is 8.78 Å². The quantitative estimate of drug-likeness (QED) is 0.402. The van der Waals surface area contributed by atoms with Crippen molar-refractivity contribution >= 4 is 5.91 Å². The van der Waals surface area contributed by atoms with Gasteiger partial charge in [-0.05, 0) is 66.8 Å². The molecule has 38 heavy (non-hydrogen) atoms. The molecule has 0 aliphatic carbocycles. The highest BCUT2D eigenvalue weighted by Gasteiger charge is 2.34. The minimum atomic E-state index is -0.312. The number of amides is 1. The van der Waals surface area contributed by atoms with Crippen LogP contribution in [0.2, 0.25) is 0 Å². The van der Waals surface area contributed by atoms with E-state index in [1.165, 1.54) is 29.8 Å². The summed E-state index contributed by atoms with van der Waals surface area (Å²) in [6, 6.07) is 23.8. The van der Waals surface area contributed by atoms with E-state index >= 15 is 0 Å². The Labute approximate surface area is 224 Å². The van der Waals surface area contributed by atoms with Crippen LogP contribution < -0.4 is 0 Å². The average Bonchev–Trinajstić information content (AvgIpc) is 2.95. The highest BCUT2D eigenvalue weighted by atomic mass is 19.1. The van der Waals surface area contributed by atoms with Crippen LogP contribution in [0.1, 0.15) is 47.9 Å². The van der Waals surface area contributed by atoms with Crippen molar-refractivity contribution in [1.82, 2.24) is 14.7 Å². The van der Waals surface area contributed by atoms with Gasteiger partial charge >= 0.3 is 0 Å². The summed E-state index contributed by atoms with van der Waals surface area (Å²) in [7, 11) is 2.18. The van der Waals surface area contributed by atoms with E-state index in [9.17, 15) is 13.6 Å². The SMILES string of the molecule is CN1CCN(C(c2ccccc2)C2CCN(C(=O)CC(c3ccc(F)cc3)c3ccc(F)cc3)CC2)CC1. The fraction of sp³-hybridized carbons (Fsp3) is 0.406. The Kier molecular flexibility index (Phi) is 8.50. The second-order valence-corrected chi connectivity index (χ2v) is 10.8. The number of carbonyl (C=O) groups is 1. The number of hydrogen-bond donors (Lipinski definition) is 0. The fourth-order valence-corrected chi connectivity index (χ4v) is 6.12. The first-order valence-electron chi connectivity index (χ1n) is 13.7. The molecule has 6 heteroatoms. The lowest BCUT2D eigenvalue weighted by atomic mass is 9.83. The minimum absolute atomic E-state index is 0.0953. The third kappa shape index (κ3) is 6.30. The van der Waals surface area contributed by atoms with Gasteiger partial charge < -0.3 is 9.80 Å². The maximum atomic E-state index is 13.6. The first-order chi connectivity index (χ1) is 18.5. The van der Waals surface area contributed by atoms with Crippen LogP contribution in [0.3, 0.4) is 0 Å². The van der Waals surface area contributed by atoms with E-state index < -0.39 is 0 Å². The number of likely N-dealkylation sites (N-methyl/N-ethyl adjacent to an activating group) is 1. The summed E-state index contributed by atoms with van der Waals surface area (Å²) in [4.78, 5) is 20.5. The van der Waals surface area contributed by atoms with Gasteiger partial charge in [0.2, 0.25) is 5.91 Å². The number of nitrogens with zero attached hydrogens (tertiary/aromatic N) is 3. The molecule has 2 fully saturated rings. The number of rotatable bonds is 7. The highest BCUT2D eigenvalue weighted by Crippen LogP contribution is 2.37. The summed E-state index contributed by atoms with van der Waals surface area (Å²) in [6.45, 7) is 5.75. The van der Waals surface area contributed by atoms with E-state index in [2.05, 4.69) is 47.2 Å². The van der Waals surface area contributed by atoms with Crippen LogP contribution in [0.4, 0.5) is 8.78 Å². The Morgan fingerprint density at radius 1 is 0.737 bits per heavy atom. The molecule has 0 aromatic heterocycles. The third-order valence-corrected chi connectivity index (χ3v) is 8.33. The molecule has 200 valence electrons. The van der Waals surface area contributed by atoms with E-state index in [1.807, 2.05) is 4.90 Å². The predicted octanol–water partition coefficient (Wildman–Crippen LogP) is 5.71.